The first-order valence-corrected chi connectivity index (χ1v) is 11.0. The van der Waals surface area contributed by atoms with E-state index in [0.29, 0.717) is 16.6 Å². The van der Waals surface area contributed by atoms with Crippen LogP contribution in [0.15, 0.2) is 24.5 Å². The number of hydrogen-bond acceptors (Lipinski definition) is 3. The van der Waals surface area contributed by atoms with Gasteiger partial charge in [-0.1, -0.05) is 41.5 Å². The summed E-state index contributed by atoms with van der Waals surface area (Å²) in [5, 5.41) is 1.16. The minimum absolute atomic E-state index is 0.368. The van der Waals surface area contributed by atoms with Crippen LogP contribution in [0, 0.1) is 0 Å². The average Bonchev–Trinajstić information content (AvgIpc) is 2.92. The van der Waals surface area contributed by atoms with Gasteiger partial charge in [0.25, 0.3) is 0 Å². The quantitative estimate of drug-likeness (QED) is 0.710. The average molecular weight is 346 g/mol. The molecular formula is C18H31BN2O2Si. The molecule has 0 spiro atoms. The second-order valence-corrected chi connectivity index (χ2v) is 13.2. The molecule has 0 unspecified atom stereocenters. The number of rotatable bonds is 7. The van der Waals surface area contributed by atoms with E-state index in [1.54, 1.807) is 14.2 Å². The number of fused-ring (bicyclic) bond motifs is 1. The van der Waals surface area contributed by atoms with Crippen molar-refractivity contribution in [1.82, 2.24) is 9.22 Å². The highest BCUT2D eigenvalue weighted by molar-refractivity contribution is 6.82. The van der Waals surface area contributed by atoms with Gasteiger partial charge in [0.1, 0.15) is 5.65 Å². The molecule has 0 aliphatic heterocycles. The third kappa shape index (κ3) is 2.95. The van der Waals surface area contributed by atoms with Crippen LogP contribution in [0.1, 0.15) is 41.5 Å². The molecule has 0 fully saturated rings. The molecule has 0 bridgehead atoms. The van der Waals surface area contributed by atoms with E-state index in [9.17, 15) is 0 Å². The predicted molar refractivity (Wildman–Crippen MR) is 106 cm³/mol. The van der Waals surface area contributed by atoms with E-state index in [0.717, 1.165) is 16.5 Å². The molecule has 0 aromatic carbocycles. The summed E-state index contributed by atoms with van der Waals surface area (Å²) in [6.07, 6.45) is 4.14. The maximum absolute atomic E-state index is 5.36. The molecule has 4 nitrogen and oxygen atoms in total. The van der Waals surface area contributed by atoms with E-state index in [4.69, 9.17) is 14.3 Å². The van der Waals surface area contributed by atoms with Gasteiger partial charge in [0.15, 0.2) is 8.24 Å². The molecular weight excluding hydrogens is 315 g/mol. The molecule has 2 aromatic heterocycles. The molecule has 0 atom stereocenters. The molecule has 0 N–H and O–H groups in total. The maximum atomic E-state index is 5.36. The molecule has 0 saturated carbocycles. The van der Waals surface area contributed by atoms with Gasteiger partial charge in [0.2, 0.25) is 0 Å². The summed E-state index contributed by atoms with van der Waals surface area (Å²) in [5.41, 5.74) is 3.96. The van der Waals surface area contributed by atoms with Crippen molar-refractivity contribution in [2.24, 2.45) is 0 Å². The fraction of sp³-hybridized carbons (Fsp3) is 0.611. The van der Waals surface area contributed by atoms with Crippen LogP contribution in [0.2, 0.25) is 16.6 Å². The molecule has 2 heterocycles. The second kappa shape index (κ2) is 7.42. The smallest absolute Gasteiger partial charge is 0.410 e. The maximum Gasteiger partial charge on any atom is 0.495 e. The molecule has 2 aromatic rings. The summed E-state index contributed by atoms with van der Waals surface area (Å²) >= 11 is 0. The fourth-order valence-electron chi connectivity index (χ4n) is 4.69. The lowest BCUT2D eigenvalue weighted by Gasteiger charge is -2.44. The molecule has 0 aliphatic carbocycles. The van der Waals surface area contributed by atoms with Gasteiger partial charge in [-0.15, -0.1) is 0 Å². The number of hydrogen-bond donors (Lipinski definition) is 0. The van der Waals surface area contributed by atoms with Crippen LogP contribution in [0.4, 0.5) is 0 Å². The van der Waals surface area contributed by atoms with Crippen molar-refractivity contribution in [3.63, 3.8) is 0 Å². The summed E-state index contributed by atoms with van der Waals surface area (Å²) in [6.45, 7) is 14.2. The predicted octanol–water partition coefficient (Wildman–Crippen LogP) is 4.05. The number of nitrogens with zero attached hydrogens (tertiary/aromatic N) is 2. The highest BCUT2D eigenvalue weighted by atomic mass is 28.3. The lowest BCUT2D eigenvalue weighted by molar-refractivity contribution is 0.292. The zero-order valence-electron chi connectivity index (χ0n) is 16.3. The van der Waals surface area contributed by atoms with Crippen LogP contribution in [-0.4, -0.2) is 38.8 Å². The van der Waals surface area contributed by atoms with Gasteiger partial charge in [-0.3, -0.25) is 0 Å². The molecule has 0 aliphatic rings. The topological polar surface area (TPSA) is 36.3 Å². The summed E-state index contributed by atoms with van der Waals surface area (Å²) in [4.78, 5) is 4.81. The minimum Gasteiger partial charge on any atom is -0.410 e. The Hall–Kier alpha value is -1.11. The van der Waals surface area contributed by atoms with Gasteiger partial charge in [0.05, 0.1) is 0 Å². The van der Waals surface area contributed by atoms with Gasteiger partial charge < -0.3 is 13.5 Å². The normalized spacial score (nSPS) is 12.8. The Morgan fingerprint density at radius 3 is 2.00 bits per heavy atom. The van der Waals surface area contributed by atoms with Gasteiger partial charge in [-0.05, 0) is 35.0 Å². The van der Waals surface area contributed by atoms with Crippen molar-refractivity contribution in [3.8, 4) is 0 Å². The molecule has 6 heteroatoms. The summed E-state index contributed by atoms with van der Waals surface area (Å²) in [7, 11) is 1.15. The minimum atomic E-state index is -1.79. The van der Waals surface area contributed by atoms with Crippen molar-refractivity contribution in [2.45, 2.75) is 58.2 Å². The highest BCUT2D eigenvalue weighted by Crippen LogP contribution is 2.43. The molecule has 0 saturated heterocycles. The molecule has 132 valence electrons. The molecule has 24 heavy (non-hydrogen) atoms. The zero-order valence-corrected chi connectivity index (χ0v) is 17.3. The summed E-state index contributed by atoms with van der Waals surface area (Å²) in [5.74, 6) is 0. The lowest BCUT2D eigenvalue weighted by atomic mass is 9.80. The van der Waals surface area contributed by atoms with Crippen molar-refractivity contribution in [2.75, 3.05) is 14.2 Å². The van der Waals surface area contributed by atoms with Crippen LogP contribution in [0.3, 0.4) is 0 Å². The number of pyridine rings is 1. The van der Waals surface area contributed by atoms with Gasteiger partial charge >= 0.3 is 7.12 Å². The summed E-state index contributed by atoms with van der Waals surface area (Å²) < 4.78 is 13.3. The van der Waals surface area contributed by atoms with E-state index < -0.39 is 8.24 Å². The van der Waals surface area contributed by atoms with Crippen molar-refractivity contribution < 1.29 is 9.31 Å². The van der Waals surface area contributed by atoms with E-state index in [1.807, 2.05) is 6.20 Å². The van der Waals surface area contributed by atoms with Crippen LogP contribution >= 0.6 is 0 Å². The Morgan fingerprint density at radius 2 is 1.54 bits per heavy atom. The first-order valence-electron chi connectivity index (χ1n) is 8.83. The van der Waals surface area contributed by atoms with Gasteiger partial charge in [-0.25, -0.2) is 4.98 Å². The lowest BCUT2D eigenvalue weighted by Crippen LogP contribution is -2.51. The molecule has 0 radical (unpaired) electrons. The van der Waals surface area contributed by atoms with Crippen molar-refractivity contribution >= 4 is 31.9 Å². The van der Waals surface area contributed by atoms with E-state index in [2.05, 4.69) is 64.1 Å². The Labute approximate surface area is 147 Å². The first-order chi connectivity index (χ1) is 11.3. The Bertz CT molecular complexity index is 659. The SMILES string of the molecule is COB(OC)c1cnc2c(ccn2[Si](C(C)C)(C(C)C)C(C)C)c1. The van der Waals surface area contributed by atoms with Gasteiger partial charge in [0, 0.05) is 31.3 Å². The van der Waals surface area contributed by atoms with E-state index in [1.165, 1.54) is 0 Å². The standard InChI is InChI=1S/C18H31BN2O2Si/c1-13(2)24(14(3)4,15(5)6)21-10-9-16-11-17(12-20-18(16)21)19(22-7)23-8/h9-15H,1-8H3. The van der Waals surface area contributed by atoms with Crippen LogP contribution in [-0.2, 0) is 9.31 Å². The third-order valence-electron chi connectivity index (χ3n) is 5.44. The number of aromatic nitrogens is 2. The summed E-state index contributed by atoms with van der Waals surface area (Å²) in [6, 6.07) is 4.32. The Morgan fingerprint density at radius 1 is 1.00 bits per heavy atom. The van der Waals surface area contributed by atoms with E-state index >= 15 is 0 Å². The molecule has 0 amide bonds. The monoisotopic (exact) mass is 346 g/mol. The third-order valence-corrected chi connectivity index (χ3v) is 12.2. The van der Waals surface area contributed by atoms with Crippen LogP contribution in [0.5, 0.6) is 0 Å². The van der Waals surface area contributed by atoms with Crippen LogP contribution in [0.25, 0.3) is 11.0 Å². The van der Waals surface area contributed by atoms with Crippen molar-refractivity contribution in [1.29, 1.82) is 0 Å². The Balaban J connectivity index is 2.64. The fourth-order valence-corrected chi connectivity index (χ4v) is 11.2. The first kappa shape index (κ1) is 19.2. The largest absolute Gasteiger partial charge is 0.495 e. The Kier molecular flexibility index (Phi) is 5.94. The zero-order chi connectivity index (χ0) is 18.1. The van der Waals surface area contributed by atoms with Gasteiger partial charge in [-0.2, -0.15) is 0 Å². The highest BCUT2D eigenvalue weighted by Gasteiger charge is 2.46. The second-order valence-electron chi connectivity index (χ2n) is 7.52. The molecule has 2 rings (SSSR count). The van der Waals surface area contributed by atoms with E-state index in [-0.39, 0.29) is 7.12 Å². The van der Waals surface area contributed by atoms with Crippen molar-refractivity contribution in [3.05, 3.63) is 24.5 Å². The van der Waals surface area contributed by atoms with Crippen LogP contribution < -0.4 is 5.46 Å².